The van der Waals surface area contributed by atoms with E-state index in [-0.39, 0.29) is 11.8 Å². The maximum absolute atomic E-state index is 11.9. The number of benzene rings is 1. The molecule has 2 rings (SSSR count). The van der Waals surface area contributed by atoms with E-state index in [1.54, 1.807) is 6.07 Å². The molecule has 1 unspecified atom stereocenters. The second-order valence-corrected chi connectivity index (χ2v) is 4.24. The second-order valence-electron chi connectivity index (χ2n) is 4.24. The number of fused-ring (bicyclic) bond motifs is 1. The number of hydrogen-bond acceptors (Lipinski definition) is 3. The third-order valence-corrected chi connectivity index (χ3v) is 3.08. The van der Waals surface area contributed by atoms with Gasteiger partial charge in [-0.25, -0.2) is 0 Å². The maximum atomic E-state index is 11.9. The fraction of sp³-hybridized carbons (Fsp3) is 0.385. The fourth-order valence-corrected chi connectivity index (χ4v) is 2.09. The van der Waals surface area contributed by atoms with E-state index in [0.29, 0.717) is 17.8 Å². The van der Waals surface area contributed by atoms with E-state index in [4.69, 9.17) is 5.26 Å². The van der Waals surface area contributed by atoms with E-state index in [0.717, 1.165) is 12.2 Å². The molecule has 0 saturated carbocycles. The Kier molecular flexibility index (Phi) is 3.01. The molecule has 0 fully saturated rings. The summed E-state index contributed by atoms with van der Waals surface area (Å²) in [5, 5.41) is 11.9. The lowest BCUT2D eigenvalue weighted by Gasteiger charge is -2.23. The monoisotopic (exact) mass is 229 g/mol. The zero-order valence-electron chi connectivity index (χ0n) is 10.0. The first-order chi connectivity index (χ1) is 8.17. The standard InChI is InChI=1S/C13H15N3O/c1-3-16-8-9(2)13(17)15-12-10(7-14)5-4-6-11(12)16/h4-6,9H,3,8H2,1-2H3,(H,15,17). The number of hydrogen-bond donors (Lipinski definition) is 1. The topological polar surface area (TPSA) is 56.1 Å². The van der Waals surface area contributed by atoms with Crippen LogP contribution in [0.3, 0.4) is 0 Å². The number of amides is 1. The van der Waals surface area contributed by atoms with Gasteiger partial charge in [0.1, 0.15) is 6.07 Å². The number of carbonyl (C=O) groups is 1. The first kappa shape index (κ1) is 11.5. The minimum absolute atomic E-state index is 0.0232. The van der Waals surface area contributed by atoms with Crippen molar-refractivity contribution in [3.8, 4) is 6.07 Å². The molecule has 1 heterocycles. The van der Waals surface area contributed by atoms with Crippen LogP contribution < -0.4 is 10.2 Å². The summed E-state index contributed by atoms with van der Waals surface area (Å²) in [6.45, 7) is 5.45. The van der Waals surface area contributed by atoms with Crippen LogP contribution in [0, 0.1) is 17.2 Å². The van der Waals surface area contributed by atoms with Gasteiger partial charge in [0.25, 0.3) is 0 Å². The van der Waals surface area contributed by atoms with E-state index in [2.05, 4.69) is 16.3 Å². The van der Waals surface area contributed by atoms with Crippen molar-refractivity contribution in [1.82, 2.24) is 0 Å². The summed E-state index contributed by atoms with van der Waals surface area (Å²) in [5.74, 6) is -0.0983. The molecule has 1 aliphatic heterocycles. The third kappa shape index (κ3) is 1.96. The zero-order chi connectivity index (χ0) is 12.4. The molecule has 0 spiro atoms. The van der Waals surface area contributed by atoms with Crippen LogP contribution in [-0.2, 0) is 4.79 Å². The van der Waals surface area contributed by atoms with Crippen molar-refractivity contribution in [2.75, 3.05) is 23.3 Å². The maximum Gasteiger partial charge on any atom is 0.229 e. The van der Waals surface area contributed by atoms with Crippen LogP contribution in [0.15, 0.2) is 18.2 Å². The minimum atomic E-state index is -0.0751. The predicted octanol–water partition coefficient (Wildman–Crippen LogP) is 1.97. The summed E-state index contributed by atoms with van der Waals surface area (Å²) in [4.78, 5) is 14.0. The summed E-state index contributed by atoms with van der Waals surface area (Å²) in [5.41, 5.74) is 2.10. The van der Waals surface area contributed by atoms with Gasteiger partial charge in [0.05, 0.1) is 22.9 Å². The largest absolute Gasteiger partial charge is 0.369 e. The van der Waals surface area contributed by atoms with Crippen molar-refractivity contribution >= 4 is 17.3 Å². The lowest BCUT2D eigenvalue weighted by molar-refractivity contribution is -0.119. The Morgan fingerprint density at radius 2 is 2.35 bits per heavy atom. The predicted molar refractivity (Wildman–Crippen MR) is 66.8 cm³/mol. The van der Waals surface area contributed by atoms with Crippen LogP contribution in [0.25, 0.3) is 0 Å². The molecule has 17 heavy (non-hydrogen) atoms. The molecule has 0 bridgehead atoms. The lowest BCUT2D eigenvalue weighted by atomic mass is 10.1. The highest BCUT2D eigenvalue weighted by molar-refractivity contribution is 5.99. The Morgan fingerprint density at radius 3 is 3.00 bits per heavy atom. The van der Waals surface area contributed by atoms with Gasteiger partial charge in [-0.1, -0.05) is 13.0 Å². The van der Waals surface area contributed by atoms with Gasteiger partial charge < -0.3 is 10.2 Å². The molecule has 4 nitrogen and oxygen atoms in total. The number of anilines is 2. The van der Waals surface area contributed by atoms with Gasteiger partial charge in [0.15, 0.2) is 0 Å². The summed E-state index contributed by atoms with van der Waals surface area (Å²) in [7, 11) is 0. The molecule has 1 aromatic carbocycles. The van der Waals surface area contributed by atoms with Crippen molar-refractivity contribution in [2.24, 2.45) is 5.92 Å². The molecule has 0 aromatic heterocycles. The first-order valence-corrected chi connectivity index (χ1v) is 5.76. The number of nitrogens with zero attached hydrogens (tertiary/aromatic N) is 2. The van der Waals surface area contributed by atoms with E-state index in [1.807, 2.05) is 26.0 Å². The van der Waals surface area contributed by atoms with Gasteiger partial charge in [-0.2, -0.15) is 5.26 Å². The van der Waals surface area contributed by atoms with E-state index in [9.17, 15) is 4.79 Å². The van der Waals surface area contributed by atoms with Crippen LogP contribution in [0.2, 0.25) is 0 Å². The van der Waals surface area contributed by atoms with E-state index < -0.39 is 0 Å². The van der Waals surface area contributed by atoms with Gasteiger partial charge >= 0.3 is 0 Å². The summed E-state index contributed by atoms with van der Waals surface area (Å²) >= 11 is 0. The van der Waals surface area contributed by atoms with Crippen molar-refractivity contribution in [1.29, 1.82) is 5.26 Å². The van der Waals surface area contributed by atoms with Crippen LogP contribution >= 0.6 is 0 Å². The van der Waals surface area contributed by atoms with Crippen LogP contribution in [0.5, 0.6) is 0 Å². The Hall–Kier alpha value is -2.02. The van der Waals surface area contributed by atoms with E-state index in [1.165, 1.54) is 0 Å². The van der Waals surface area contributed by atoms with Gasteiger partial charge in [0, 0.05) is 13.1 Å². The number of nitriles is 1. The van der Waals surface area contributed by atoms with Crippen molar-refractivity contribution in [2.45, 2.75) is 13.8 Å². The van der Waals surface area contributed by atoms with Gasteiger partial charge in [-0.15, -0.1) is 0 Å². The summed E-state index contributed by atoms with van der Waals surface area (Å²) in [6, 6.07) is 7.64. The summed E-state index contributed by atoms with van der Waals surface area (Å²) in [6.07, 6.45) is 0. The summed E-state index contributed by atoms with van der Waals surface area (Å²) < 4.78 is 0. The molecule has 4 heteroatoms. The number of nitrogens with one attached hydrogen (secondary N) is 1. The Bertz CT molecular complexity index is 490. The Balaban J connectivity index is 2.56. The first-order valence-electron chi connectivity index (χ1n) is 5.76. The average Bonchev–Trinajstić information content (AvgIpc) is 2.47. The normalized spacial score (nSPS) is 19.0. The fourth-order valence-electron chi connectivity index (χ4n) is 2.09. The Morgan fingerprint density at radius 1 is 1.59 bits per heavy atom. The smallest absolute Gasteiger partial charge is 0.229 e. The Labute approximate surface area is 101 Å². The molecule has 88 valence electrons. The molecule has 0 saturated heterocycles. The van der Waals surface area contributed by atoms with E-state index >= 15 is 0 Å². The number of rotatable bonds is 1. The van der Waals surface area contributed by atoms with Crippen LogP contribution in [0.1, 0.15) is 19.4 Å². The molecule has 1 amide bonds. The highest BCUT2D eigenvalue weighted by atomic mass is 16.1. The van der Waals surface area contributed by atoms with Gasteiger partial charge in [-0.05, 0) is 19.1 Å². The van der Waals surface area contributed by atoms with Crippen molar-refractivity contribution < 1.29 is 4.79 Å². The molecular formula is C13H15N3O. The quantitative estimate of drug-likeness (QED) is 0.801. The molecule has 1 N–H and O–H groups in total. The van der Waals surface area contributed by atoms with Gasteiger partial charge in [0.2, 0.25) is 5.91 Å². The molecule has 1 aliphatic rings. The lowest BCUT2D eigenvalue weighted by Crippen LogP contribution is -2.30. The number of carbonyl (C=O) groups excluding carboxylic acids is 1. The molecular weight excluding hydrogens is 214 g/mol. The molecule has 1 atom stereocenters. The number of para-hydroxylation sites is 1. The zero-order valence-corrected chi connectivity index (χ0v) is 10.0. The van der Waals surface area contributed by atoms with Crippen LogP contribution in [0.4, 0.5) is 11.4 Å². The van der Waals surface area contributed by atoms with Crippen molar-refractivity contribution in [3.63, 3.8) is 0 Å². The van der Waals surface area contributed by atoms with Crippen molar-refractivity contribution in [3.05, 3.63) is 23.8 Å². The highest BCUT2D eigenvalue weighted by Gasteiger charge is 2.25. The van der Waals surface area contributed by atoms with Gasteiger partial charge in [-0.3, -0.25) is 4.79 Å². The minimum Gasteiger partial charge on any atom is -0.369 e. The molecule has 1 aromatic rings. The second kappa shape index (κ2) is 4.46. The molecule has 0 radical (unpaired) electrons. The van der Waals surface area contributed by atoms with Crippen LogP contribution in [-0.4, -0.2) is 19.0 Å². The highest BCUT2D eigenvalue weighted by Crippen LogP contribution is 2.32. The molecule has 0 aliphatic carbocycles. The average molecular weight is 229 g/mol. The SMILES string of the molecule is CCN1CC(C)C(=O)Nc2c(C#N)cccc21. The third-order valence-electron chi connectivity index (χ3n) is 3.08.